The molecule has 0 amide bonds. The van der Waals surface area contributed by atoms with Crippen LogP contribution in [0.25, 0.3) is 11.3 Å². The Morgan fingerprint density at radius 3 is 2.50 bits per heavy atom. The molecule has 1 aromatic carbocycles. The lowest BCUT2D eigenvalue weighted by Crippen LogP contribution is -2.39. The van der Waals surface area contributed by atoms with Gasteiger partial charge in [0.15, 0.2) is 6.29 Å². The molecule has 0 unspecified atom stereocenters. The number of carbonyl (C=O) groups is 1. The lowest BCUT2D eigenvalue weighted by molar-refractivity contribution is 0.111. The van der Waals surface area contributed by atoms with Gasteiger partial charge < -0.3 is 9.64 Å². The Morgan fingerprint density at radius 1 is 1.18 bits per heavy atom. The van der Waals surface area contributed by atoms with Crippen molar-refractivity contribution >= 4 is 12.0 Å². The number of benzene rings is 1. The summed E-state index contributed by atoms with van der Waals surface area (Å²) in [7, 11) is 1.56. The van der Waals surface area contributed by atoms with E-state index < -0.39 is 0 Å². The van der Waals surface area contributed by atoms with Crippen molar-refractivity contribution in [3.63, 3.8) is 0 Å². The largest absolute Gasteiger partial charge is 0.378 e. The standard InChI is InChI=1S/C16H17N3O3/c1-18-16(21)13(11-20)15(19-7-9-22-10-8-19)14(17-18)12-5-3-2-4-6-12/h2-6,11H,7-10H2,1H3. The SMILES string of the molecule is Cn1nc(-c2ccccc2)c(N2CCOCC2)c(C=O)c1=O. The Bertz CT molecular complexity index is 734. The minimum atomic E-state index is -0.379. The van der Waals surface area contributed by atoms with E-state index in [1.807, 2.05) is 35.2 Å². The second-order valence-electron chi connectivity index (χ2n) is 5.12. The van der Waals surface area contributed by atoms with Crippen LogP contribution in [0.2, 0.25) is 0 Å². The fourth-order valence-electron chi connectivity index (χ4n) is 2.65. The minimum Gasteiger partial charge on any atom is -0.378 e. The third kappa shape index (κ3) is 2.53. The second-order valence-corrected chi connectivity index (χ2v) is 5.12. The predicted molar refractivity (Wildman–Crippen MR) is 83.3 cm³/mol. The van der Waals surface area contributed by atoms with E-state index in [4.69, 9.17) is 4.74 Å². The summed E-state index contributed by atoms with van der Waals surface area (Å²) in [6.07, 6.45) is 0.626. The molecule has 3 rings (SSSR count). The smallest absolute Gasteiger partial charge is 0.279 e. The molecule has 2 heterocycles. The second kappa shape index (κ2) is 6.11. The number of ether oxygens (including phenoxy) is 1. The fraction of sp³-hybridized carbons (Fsp3) is 0.312. The summed E-state index contributed by atoms with van der Waals surface area (Å²) in [5.74, 6) is 0. The third-order valence-electron chi connectivity index (χ3n) is 3.75. The summed E-state index contributed by atoms with van der Waals surface area (Å²) in [6.45, 7) is 2.41. The molecule has 0 atom stereocenters. The van der Waals surface area contributed by atoms with Crippen molar-refractivity contribution in [1.82, 2.24) is 9.78 Å². The fourth-order valence-corrected chi connectivity index (χ4v) is 2.65. The molecule has 6 heteroatoms. The van der Waals surface area contributed by atoms with Gasteiger partial charge in [0.1, 0.15) is 11.3 Å². The van der Waals surface area contributed by atoms with Crippen molar-refractivity contribution in [3.8, 4) is 11.3 Å². The summed E-state index contributed by atoms with van der Waals surface area (Å²) in [5, 5.41) is 4.39. The zero-order valence-electron chi connectivity index (χ0n) is 12.4. The van der Waals surface area contributed by atoms with Crippen molar-refractivity contribution in [3.05, 3.63) is 46.2 Å². The Balaban J connectivity index is 2.25. The molecular formula is C16H17N3O3. The summed E-state index contributed by atoms with van der Waals surface area (Å²) < 4.78 is 6.58. The Morgan fingerprint density at radius 2 is 1.86 bits per heavy atom. The first-order valence-corrected chi connectivity index (χ1v) is 7.17. The maximum absolute atomic E-state index is 12.3. The van der Waals surface area contributed by atoms with Crippen molar-refractivity contribution in [1.29, 1.82) is 0 Å². The number of aryl methyl sites for hydroxylation is 1. The molecule has 1 aliphatic rings. The normalized spacial score (nSPS) is 14.9. The van der Waals surface area contributed by atoms with Crippen LogP contribution in [0.15, 0.2) is 35.1 Å². The first-order valence-electron chi connectivity index (χ1n) is 7.17. The number of aldehydes is 1. The van der Waals surface area contributed by atoms with Crippen LogP contribution in [0.4, 0.5) is 5.69 Å². The molecule has 1 aromatic heterocycles. The van der Waals surface area contributed by atoms with Crippen LogP contribution in [-0.2, 0) is 11.8 Å². The number of carbonyl (C=O) groups excluding carboxylic acids is 1. The van der Waals surface area contributed by atoms with Crippen LogP contribution in [-0.4, -0.2) is 42.4 Å². The molecule has 6 nitrogen and oxygen atoms in total. The lowest BCUT2D eigenvalue weighted by atomic mass is 10.1. The van der Waals surface area contributed by atoms with Gasteiger partial charge in [-0.15, -0.1) is 0 Å². The molecule has 1 aliphatic heterocycles. The highest BCUT2D eigenvalue weighted by Gasteiger charge is 2.23. The molecule has 1 fully saturated rings. The molecular weight excluding hydrogens is 282 g/mol. The molecule has 0 bridgehead atoms. The zero-order valence-corrected chi connectivity index (χ0v) is 12.4. The van der Waals surface area contributed by atoms with Gasteiger partial charge in [0.2, 0.25) is 0 Å². The Hall–Kier alpha value is -2.47. The van der Waals surface area contributed by atoms with Gasteiger partial charge in [0.05, 0.1) is 18.9 Å². The van der Waals surface area contributed by atoms with E-state index in [1.165, 1.54) is 4.68 Å². The number of morpholine rings is 1. The monoisotopic (exact) mass is 299 g/mol. The number of hydrogen-bond donors (Lipinski definition) is 0. The number of aromatic nitrogens is 2. The van der Waals surface area contributed by atoms with E-state index in [0.29, 0.717) is 44.0 Å². The van der Waals surface area contributed by atoms with Gasteiger partial charge in [0, 0.05) is 25.7 Å². The van der Waals surface area contributed by atoms with Crippen LogP contribution < -0.4 is 10.5 Å². The highest BCUT2D eigenvalue weighted by molar-refractivity contribution is 5.91. The van der Waals surface area contributed by atoms with Gasteiger partial charge in [-0.1, -0.05) is 30.3 Å². The van der Waals surface area contributed by atoms with Crippen molar-refractivity contribution in [2.24, 2.45) is 7.05 Å². The summed E-state index contributed by atoms with van der Waals surface area (Å²) in [6, 6.07) is 9.58. The van der Waals surface area contributed by atoms with Crippen LogP contribution in [0.3, 0.4) is 0 Å². The maximum atomic E-state index is 12.3. The van der Waals surface area contributed by atoms with E-state index in [2.05, 4.69) is 5.10 Å². The van der Waals surface area contributed by atoms with E-state index in [9.17, 15) is 9.59 Å². The van der Waals surface area contributed by atoms with Crippen molar-refractivity contribution in [2.75, 3.05) is 31.2 Å². The summed E-state index contributed by atoms with van der Waals surface area (Å²) in [5.41, 5.74) is 1.90. The molecule has 0 aliphatic carbocycles. The van der Waals surface area contributed by atoms with Gasteiger partial charge in [-0.25, -0.2) is 4.68 Å². The minimum absolute atomic E-state index is 0.151. The van der Waals surface area contributed by atoms with E-state index in [1.54, 1.807) is 7.05 Å². The molecule has 0 spiro atoms. The van der Waals surface area contributed by atoms with Crippen LogP contribution in [0.5, 0.6) is 0 Å². The van der Waals surface area contributed by atoms with Crippen LogP contribution in [0.1, 0.15) is 10.4 Å². The van der Waals surface area contributed by atoms with E-state index in [0.717, 1.165) is 5.56 Å². The van der Waals surface area contributed by atoms with Gasteiger partial charge in [-0.05, 0) is 0 Å². The first kappa shape index (κ1) is 14.5. The zero-order chi connectivity index (χ0) is 15.5. The third-order valence-corrected chi connectivity index (χ3v) is 3.75. The molecule has 0 N–H and O–H groups in total. The van der Waals surface area contributed by atoms with E-state index >= 15 is 0 Å². The Kier molecular flexibility index (Phi) is 4.02. The Labute approximate surface area is 127 Å². The highest BCUT2D eigenvalue weighted by atomic mass is 16.5. The number of rotatable bonds is 3. The number of nitrogens with zero attached hydrogens (tertiary/aromatic N) is 3. The summed E-state index contributed by atoms with van der Waals surface area (Å²) >= 11 is 0. The lowest BCUT2D eigenvalue weighted by Gasteiger charge is -2.31. The predicted octanol–water partition coefficient (Wildman–Crippen LogP) is 1.10. The van der Waals surface area contributed by atoms with E-state index in [-0.39, 0.29) is 11.1 Å². The van der Waals surface area contributed by atoms with Gasteiger partial charge in [-0.2, -0.15) is 5.10 Å². The highest BCUT2D eigenvalue weighted by Crippen LogP contribution is 2.30. The molecule has 114 valence electrons. The molecule has 0 radical (unpaired) electrons. The van der Waals surface area contributed by atoms with Gasteiger partial charge >= 0.3 is 0 Å². The molecule has 0 saturated carbocycles. The maximum Gasteiger partial charge on any atom is 0.279 e. The average Bonchev–Trinajstić information content (AvgIpc) is 2.58. The van der Waals surface area contributed by atoms with Gasteiger partial charge in [0.25, 0.3) is 5.56 Å². The van der Waals surface area contributed by atoms with Crippen molar-refractivity contribution in [2.45, 2.75) is 0 Å². The molecule has 22 heavy (non-hydrogen) atoms. The summed E-state index contributed by atoms with van der Waals surface area (Å²) in [4.78, 5) is 25.8. The number of anilines is 1. The molecule has 2 aromatic rings. The first-order chi connectivity index (χ1) is 10.7. The topological polar surface area (TPSA) is 64.4 Å². The number of hydrogen-bond acceptors (Lipinski definition) is 5. The molecule has 1 saturated heterocycles. The van der Waals surface area contributed by atoms with Crippen molar-refractivity contribution < 1.29 is 9.53 Å². The quantitative estimate of drug-likeness (QED) is 0.794. The van der Waals surface area contributed by atoms with Crippen LogP contribution >= 0.6 is 0 Å². The van der Waals surface area contributed by atoms with Crippen LogP contribution in [0, 0.1) is 0 Å². The average molecular weight is 299 g/mol. The van der Waals surface area contributed by atoms with Gasteiger partial charge in [-0.3, -0.25) is 9.59 Å².